The number of Topliss-reactive ketones (excluding diaryl/α,β-unsaturated/α-hetero) is 1. The third kappa shape index (κ3) is 6.45. The van der Waals surface area contributed by atoms with Crippen LogP contribution in [0.25, 0.3) is 6.08 Å². The molecule has 198 valence electrons. The minimum absolute atomic E-state index is 0.0494. The number of ketones is 1. The summed E-state index contributed by atoms with van der Waals surface area (Å²) in [4.78, 5) is 13.2. The van der Waals surface area contributed by atoms with E-state index in [1.165, 1.54) is 14.2 Å². The van der Waals surface area contributed by atoms with Crippen LogP contribution in [0, 0.1) is 5.41 Å². The van der Waals surface area contributed by atoms with Crippen LogP contribution in [0.4, 0.5) is 0 Å². The molecule has 1 fully saturated rings. The van der Waals surface area contributed by atoms with Crippen molar-refractivity contribution < 1.29 is 37.0 Å². The van der Waals surface area contributed by atoms with Gasteiger partial charge in [0, 0.05) is 14.2 Å². The number of methoxy groups -OCH3 is 1. The van der Waals surface area contributed by atoms with Crippen molar-refractivity contribution >= 4 is 27.8 Å². The molecule has 0 amide bonds. The van der Waals surface area contributed by atoms with Crippen molar-refractivity contribution in [2.75, 3.05) is 40.7 Å². The molecule has 0 saturated carbocycles. The van der Waals surface area contributed by atoms with Crippen molar-refractivity contribution in [3.63, 3.8) is 0 Å². The van der Waals surface area contributed by atoms with E-state index in [4.69, 9.17) is 27.7 Å². The van der Waals surface area contributed by atoms with Gasteiger partial charge in [0.25, 0.3) is 8.32 Å². The molecule has 0 aromatic heterocycles. The van der Waals surface area contributed by atoms with Crippen LogP contribution in [-0.4, -0.2) is 60.6 Å². The molecule has 1 aromatic carbocycles. The molecule has 1 saturated heterocycles. The highest BCUT2D eigenvalue weighted by Gasteiger charge is 2.54. The first-order valence-electron chi connectivity index (χ1n) is 11.6. The van der Waals surface area contributed by atoms with Crippen LogP contribution >= 0.6 is 7.60 Å². The zero-order chi connectivity index (χ0) is 26.7. The van der Waals surface area contributed by atoms with E-state index in [0.717, 1.165) is 5.56 Å². The Morgan fingerprint density at radius 1 is 1.06 bits per heavy atom. The van der Waals surface area contributed by atoms with Gasteiger partial charge >= 0.3 is 7.60 Å². The van der Waals surface area contributed by atoms with Crippen molar-refractivity contribution in [1.29, 1.82) is 0 Å². The topological polar surface area (TPSA) is 89.5 Å². The third-order valence-corrected chi connectivity index (χ3v) is 13.2. The predicted octanol–water partition coefficient (Wildman–Crippen LogP) is 5.92. The monoisotopic (exact) mass is 528 g/mol. The molecule has 2 rings (SSSR count). The van der Waals surface area contributed by atoms with Crippen LogP contribution in [0.5, 0.6) is 11.5 Å². The number of ether oxygens (including phenoxy) is 3. The number of carbonyl (C=O) groups is 1. The summed E-state index contributed by atoms with van der Waals surface area (Å²) in [5.41, 5.74) is -0.340. The maximum Gasteiger partial charge on any atom is 0.337 e. The van der Waals surface area contributed by atoms with E-state index in [1.54, 1.807) is 27.0 Å². The van der Waals surface area contributed by atoms with E-state index < -0.39 is 27.1 Å². The molecular formula is C25H41O8PSi. The number of hydrogen-bond acceptors (Lipinski definition) is 8. The van der Waals surface area contributed by atoms with Crippen LogP contribution in [0.1, 0.15) is 40.2 Å². The second kappa shape index (κ2) is 10.9. The van der Waals surface area contributed by atoms with Gasteiger partial charge < -0.3 is 27.7 Å². The fraction of sp³-hybridized carbons (Fsp3) is 0.640. The Morgan fingerprint density at radius 3 is 2.11 bits per heavy atom. The van der Waals surface area contributed by atoms with Crippen LogP contribution in [0.2, 0.25) is 18.1 Å². The fourth-order valence-electron chi connectivity index (χ4n) is 3.37. The molecule has 0 aliphatic carbocycles. The van der Waals surface area contributed by atoms with E-state index in [-0.39, 0.29) is 17.0 Å². The zero-order valence-electron chi connectivity index (χ0n) is 22.7. The SMILES string of the molecule is COc1cc(/C=C/C2(C(C)(C)C(=O)CP(=O)(OC)OC)OCCO2)ccc1O[Si](C)(C)C(C)(C)C. The quantitative estimate of drug-likeness (QED) is 0.258. The Kier molecular flexibility index (Phi) is 9.24. The van der Waals surface area contributed by atoms with Gasteiger partial charge in [-0.1, -0.05) is 32.9 Å². The molecule has 8 nitrogen and oxygen atoms in total. The number of carbonyl (C=O) groups excluding carboxylic acids is 1. The number of hydrogen-bond donors (Lipinski definition) is 0. The highest BCUT2D eigenvalue weighted by molar-refractivity contribution is 7.54. The van der Waals surface area contributed by atoms with Crippen molar-refractivity contribution in [2.24, 2.45) is 5.41 Å². The molecule has 0 atom stereocenters. The first-order valence-corrected chi connectivity index (χ1v) is 16.3. The Labute approximate surface area is 210 Å². The molecule has 0 bridgehead atoms. The summed E-state index contributed by atoms with van der Waals surface area (Å²) in [5, 5.41) is 0.0494. The second-order valence-corrected chi connectivity index (χ2v) is 17.6. The molecule has 1 heterocycles. The van der Waals surface area contributed by atoms with Crippen LogP contribution in [-0.2, 0) is 27.9 Å². The van der Waals surface area contributed by atoms with Gasteiger partial charge in [-0.3, -0.25) is 9.36 Å². The molecule has 0 radical (unpaired) electrons. The lowest BCUT2D eigenvalue weighted by Crippen LogP contribution is -2.50. The minimum atomic E-state index is -3.54. The van der Waals surface area contributed by atoms with Gasteiger partial charge in [-0.25, -0.2) is 0 Å². The van der Waals surface area contributed by atoms with Crippen molar-refractivity contribution in [2.45, 2.75) is 58.5 Å². The highest BCUT2D eigenvalue weighted by Crippen LogP contribution is 2.50. The minimum Gasteiger partial charge on any atom is -0.541 e. The standard InChI is InChI=1S/C25H41O8PSi/c1-23(2,3)35(9,10)33-20-12-11-19(17-21(20)28-6)13-14-25(31-15-16-32-25)24(4,5)22(26)18-34(27,29-7)30-8/h11-14,17H,15-16,18H2,1-10H3/b14-13+. The van der Waals surface area contributed by atoms with Gasteiger partial charge in [0.2, 0.25) is 5.79 Å². The summed E-state index contributed by atoms with van der Waals surface area (Å²) >= 11 is 0. The smallest absolute Gasteiger partial charge is 0.337 e. The average molecular weight is 529 g/mol. The Bertz CT molecular complexity index is 966. The van der Waals surface area contributed by atoms with Gasteiger partial charge in [-0.2, -0.15) is 0 Å². The summed E-state index contributed by atoms with van der Waals surface area (Å²) in [6, 6.07) is 5.69. The van der Waals surface area contributed by atoms with Gasteiger partial charge in [-0.15, -0.1) is 0 Å². The maximum absolute atomic E-state index is 13.2. The Morgan fingerprint density at radius 2 is 1.63 bits per heavy atom. The predicted molar refractivity (Wildman–Crippen MR) is 140 cm³/mol. The molecule has 1 aromatic rings. The van der Waals surface area contributed by atoms with Crippen LogP contribution in [0.3, 0.4) is 0 Å². The Balaban J connectivity index is 2.36. The lowest BCUT2D eigenvalue weighted by atomic mass is 9.79. The molecule has 10 heteroatoms. The van der Waals surface area contributed by atoms with Crippen molar-refractivity contribution in [3.05, 3.63) is 29.8 Å². The molecule has 0 unspecified atom stereocenters. The summed E-state index contributed by atoms with van der Waals surface area (Å²) in [7, 11) is -1.46. The maximum atomic E-state index is 13.2. The third-order valence-electron chi connectivity index (χ3n) is 7.03. The molecule has 1 aliphatic rings. The number of benzene rings is 1. The van der Waals surface area contributed by atoms with Crippen LogP contribution in [0.15, 0.2) is 24.3 Å². The number of rotatable bonds is 11. The van der Waals surface area contributed by atoms with E-state index >= 15 is 0 Å². The summed E-state index contributed by atoms with van der Waals surface area (Å²) in [5.74, 6) is -0.368. The molecular weight excluding hydrogens is 487 g/mol. The molecule has 0 N–H and O–H groups in total. The van der Waals surface area contributed by atoms with Gasteiger partial charge in [0.05, 0.1) is 25.7 Å². The molecule has 35 heavy (non-hydrogen) atoms. The second-order valence-electron chi connectivity index (χ2n) is 10.7. The van der Waals surface area contributed by atoms with E-state index in [2.05, 4.69) is 33.9 Å². The largest absolute Gasteiger partial charge is 0.541 e. The summed E-state index contributed by atoms with van der Waals surface area (Å²) < 4.78 is 46.5. The van der Waals surface area contributed by atoms with E-state index in [0.29, 0.717) is 24.7 Å². The van der Waals surface area contributed by atoms with Crippen molar-refractivity contribution in [3.8, 4) is 11.5 Å². The van der Waals surface area contributed by atoms with E-state index in [9.17, 15) is 9.36 Å². The van der Waals surface area contributed by atoms with Gasteiger partial charge in [-0.05, 0) is 55.8 Å². The normalized spacial score (nSPS) is 17.1. The van der Waals surface area contributed by atoms with E-state index in [1.807, 2.05) is 24.3 Å². The fourth-order valence-corrected chi connectivity index (χ4v) is 5.55. The first kappa shape index (κ1) is 29.7. The van der Waals surface area contributed by atoms with Gasteiger partial charge in [0.15, 0.2) is 11.5 Å². The van der Waals surface area contributed by atoms with Crippen molar-refractivity contribution in [1.82, 2.24) is 0 Å². The zero-order valence-corrected chi connectivity index (χ0v) is 24.6. The molecule has 0 spiro atoms. The van der Waals surface area contributed by atoms with Crippen LogP contribution < -0.4 is 9.16 Å². The van der Waals surface area contributed by atoms with Gasteiger partial charge in [0.1, 0.15) is 11.9 Å². The summed E-state index contributed by atoms with van der Waals surface area (Å²) in [6.45, 7) is 15.0. The molecule has 1 aliphatic heterocycles. The average Bonchev–Trinajstić information content (AvgIpc) is 3.28. The highest BCUT2D eigenvalue weighted by atomic mass is 31.2. The summed E-state index contributed by atoms with van der Waals surface area (Å²) in [6.07, 6.45) is 3.17. The Hall–Kier alpha value is -1.48. The lowest BCUT2D eigenvalue weighted by Gasteiger charge is -2.39. The first-order chi connectivity index (χ1) is 16.1. The lowest BCUT2D eigenvalue weighted by molar-refractivity contribution is -0.192.